The van der Waals surface area contributed by atoms with Gasteiger partial charge in [-0.1, -0.05) is 42.6 Å². The van der Waals surface area contributed by atoms with E-state index in [0.29, 0.717) is 10.7 Å². The molecule has 3 rings (SSSR count). The van der Waals surface area contributed by atoms with E-state index in [4.69, 9.17) is 11.6 Å². The van der Waals surface area contributed by atoms with E-state index in [-0.39, 0.29) is 11.9 Å². The lowest BCUT2D eigenvalue weighted by Gasteiger charge is -2.27. The van der Waals surface area contributed by atoms with Crippen LogP contribution >= 0.6 is 11.6 Å². The molecule has 1 atom stereocenters. The number of benzene rings is 1. The van der Waals surface area contributed by atoms with Gasteiger partial charge in [-0.25, -0.2) is 4.98 Å². The molecule has 21 heavy (non-hydrogen) atoms. The molecule has 0 aliphatic carbocycles. The van der Waals surface area contributed by atoms with E-state index in [9.17, 15) is 4.79 Å². The molecule has 1 aromatic heterocycles. The van der Waals surface area contributed by atoms with E-state index in [1.54, 1.807) is 6.07 Å². The first-order valence-electron chi connectivity index (χ1n) is 7.53. The van der Waals surface area contributed by atoms with Gasteiger partial charge in [0.1, 0.15) is 5.69 Å². The number of para-hydroxylation sites is 1. The Labute approximate surface area is 129 Å². The van der Waals surface area contributed by atoms with E-state index in [1.165, 1.54) is 12.8 Å². The summed E-state index contributed by atoms with van der Waals surface area (Å²) < 4.78 is 0. The second-order valence-electron chi connectivity index (χ2n) is 5.70. The highest BCUT2D eigenvalue weighted by Gasteiger charge is 2.24. The Kier molecular flexibility index (Phi) is 4.11. The summed E-state index contributed by atoms with van der Waals surface area (Å²) in [6, 6.07) is 9.62. The number of hydrogen-bond acceptors (Lipinski definition) is 2. The van der Waals surface area contributed by atoms with E-state index in [0.717, 1.165) is 30.3 Å². The molecule has 1 aliphatic heterocycles. The van der Waals surface area contributed by atoms with E-state index < -0.39 is 0 Å². The summed E-state index contributed by atoms with van der Waals surface area (Å²) in [6.45, 7) is 2.93. The van der Waals surface area contributed by atoms with Crippen LogP contribution < -0.4 is 0 Å². The standard InChI is InChI=1S/C17H19ClN2O/c1-12-7-3-2-6-10-20(12)17(21)16-11-14(18)13-8-4-5-9-15(13)19-16/h4-5,8-9,11-12H,2-3,6-7,10H2,1H3. The van der Waals surface area contributed by atoms with Gasteiger partial charge in [0.15, 0.2) is 0 Å². The largest absolute Gasteiger partial charge is 0.335 e. The number of likely N-dealkylation sites (tertiary alicyclic amines) is 1. The van der Waals surface area contributed by atoms with Crippen LogP contribution in [0.1, 0.15) is 43.1 Å². The quantitative estimate of drug-likeness (QED) is 0.787. The molecule has 0 bridgehead atoms. The average Bonchev–Trinajstić information content (AvgIpc) is 2.71. The van der Waals surface area contributed by atoms with Crippen molar-refractivity contribution in [3.63, 3.8) is 0 Å². The highest BCUT2D eigenvalue weighted by atomic mass is 35.5. The highest BCUT2D eigenvalue weighted by molar-refractivity contribution is 6.35. The Bertz CT molecular complexity index is 671. The molecule has 1 saturated heterocycles. The van der Waals surface area contributed by atoms with Gasteiger partial charge in [0, 0.05) is 18.0 Å². The number of pyridine rings is 1. The minimum Gasteiger partial charge on any atom is -0.335 e. The Morgan fingerprint density at radius 3 is 2.95 bits per heavy atom. The fourth-order valence-electron chi connectivity index (χ4n) is 2.97. The van der Waals surface area contributed by atoms with Gasteiger partial charge in [-0.2, -0.15) is 0 Å². The van der Waals surface area contributed by atoms with Crippen LogP contribution in [-0.4, -0.2) is 28.4 Å². The third kappa shape index (κ3) is 2.88. The fourth-order valence-corrected chi connectivity index (χ4v) is 3.23. The van der Waals surface area contributed by atoms with Crippen molar-refractivity contribution in [1.29, 1.82) is 0 Å². The first-order valence-corrected chi connectivity index (χ1v) is 7.91. The molecule has 0 saturated carbocycles. The minimum absolute atomic E-state index is 0.00273. The number of carbonyl (C=O) groups excluding carboxylic acids is 1. The third-order valence-electron chi connectivity index (χ3n) is 4.20. The van der Waals surface area contributed by atoms with Crippen LogP contribution in [0.4, 0.5) is 0 Å². The van der Waals surface area contributed by atoms with Gasteiger partial charge in [-0.15, -0.1) is 0 Å². The minimum atomic E-state index is -0.00273. The molecule has 1 aromatic carbocycles. The molecule has 1 aliphatic rings. The molecule has 1 unspecified atom stereocenters. The maximum Gasteiger partial charge on any atom is 0.272 e. The zero-order valence-corrected chi connectivity index (χ0v) is 12.9. The molecule has 0 radical (unpaired) electrons. The molecule has 4 heteroatoms. The van der Waals surface area contributed by atoms with Crippen molar-refractivity contribution in [3.8, 4) is 0 Å². The van der Waals surface area contributed by atoms with Gasteiger partial charge in [0.25, 0.3) is 5.91 Å². The van der Waals surface area contributed by atoms with Crippen molar-refractivity contribution in [3.05, 3.63) is 41.0 Å². The van der Waals surface area contributed by atoms with Crippen molar-refractivity contribution < 1.29 is 4.79 Å². The Morgan fingerprint density at radius 1 is 1.29 bits per heavy atom. The predicted octanol–water partition coefficient (Wildman–Crippen LogP) is 4.29. The first-order chi connectivity index (χ1) is 10.2. The second-order valence-corrected chi connectivity index (χ2v) is 6.11. The number of fused-ring (bicyclic) bond motifs is 1. The summed E-state index contributed by atoms with van der Waals surface area (Å²) in [5.41, 5.74) is 1.23. The molecule has 110 valence electrons. The second kappa shape index (κ2) is 6.02. The van der Waals surface area contributed by atoms with Crippen LogP contribution in [0.5, 0.6) is 0 Å². The lowest BCUT2D eigenvalue weighted by molar-refractivity contribution is 0.0692. The summed E-state index contributed by atoms with van der Waals surface area (Å²) in [5.74, 6) is -0.00273. The number of hydrogen-bond donors (Lipinski definition) is 0. The molecule has 2 aromatic rings. The van der Waals surface area contributed by atoms with Gasteiger partial charge in [0.05, 0.1) is 10.5 Å². The number of carbonyl (C=O) groups is 1. The smallest absolute Gasteiger partial charge is 0.272 e. The fraction of sp³-hybridized carbons (Fsp3) is 0.412. The number of rotatable bonds is 1. The van der Waals surface area contributed by atoms with Crippen molar-refractivity contribution in [2.45, 2.75) is 38.6 Å². The van der Waals surface area contributed by atoms with Crippen molar-refractivity contribution in [2.75, 3.05) is 6.54 Å². The number of halogens is 1. The van der Waals surface area contributed by atoms with Gasteiger partial charge < -0.3 is 4.90 Å². The van der Waals surface area contributed by atoms with Crippen molar-refractivity contribution in [1.82, 2.24) is 9.88 Å². The summed E-state index contributed by atoms with van der Waals surface area (Å²) in [7, 11) is 0. The molecule has 1 fully saturated rings. The lowest BCUT2D eigenvalue weighted by Crippen LogP contribution is -2.38. The van der Waals surface area contributed by atoms with Crippen LogP contribution in [0.2, 0.25) is 5.02 Å². The zero-order valence-electron chi connectivity index (χ0n) is 12.2. The summed E-state index contributed by atoms with van der Waals surface area (Å²) in [6.07, 6.45) is 4.52. The van der Waals surface area contributed by atoms with Crippen LogP contribution in [-0.2, 0) is 0 Å². The Balaban J connectivity index is 1.97. The SMILES string of the molecule is CC1CCCCCN1C(=O)c1cc(Cl)c2ccccc2n1. The molecule has 0 spiro atoms. The first kappa shape index (κ1) is 14.3. The maximum absolute atomic E-state index is 12.8. The van der Waals surface area contributed by atoms with E-state index >= 15 is 0 Å². The normalized spacial score (nSPS) is 19.5. The number of amides is 1. The Morgan fingerprint density at radius 2 is 2.10 bits per heavy atom. The van der Waals surface area contributed by atoms with Crippen LogP contribution in [0.25, 0.3) is 10.9 Å². The van der Waals surface area contributed by atoms with Gasteiger partial charge in [-0.05, 0) is 31.9 Å². The van der Waals surface area contributed by atoms with Crippen LogP contribution in [0, 0.1) is 0 Å². The van der Waals surface area contributed by atoms with Crippen LogP contribution in [0.3, 0.4) is 0 Å². The predicted molar refractivity (Wildman–Crippen MR) is 85.7 cm³/mol. The molecule has 1 amide bonds. The van der Waals surface area contributed by atoms with Crippen LogP contribution in [0.15, 0.2) is 30.3 Å². The highest BCUT2D eigenvalue weighted by Crippen LogP contribution is 2.25. The summed E-state index contributed by atoms with van der Waals surface area (Å²) >= 11 is 6.30. The molecule has 0 N–H and O–H groups in total. The Hall–Kier alpha value is -1.61. The monoisotopic (exact) mass is 302 g/mol. The molecule has 2 heterocycles. The van der Waals surface area contributed by atoms with Crippen molar-refractivity contribution in [2.24, 2.45) is 0 Å². The number of nitrogens with zero attached hydrogens (tertiary/aromatic N) is 2. The summed E-state index contributed by atoms with van der Waals surface area (Å²) in [4.78, 5) is 19.2. The lowest BCUT2D eigenvalue weighted by atomic mass is 10.1. The van der Waals surface area contributed by atoms with Gasteiger partial charge >= 0.3 is 0 Å². The van der Waals surface area contributed by atoms with Crippen molar-refractivity contribution >= 4 is 28.4 Å². The third-order valence-corrected chi connectivity index (χ3v) is 4.51. The zero-order chi connectivity index (χ0) is 14.8. The maximum atomic E-state index is 12.8. The van der Waals surface area contributed by atoms with Gasteiger partial charge in [-0.3, -0.25) is 4.79 Å². The number of aromatic nitrogens is 1. The molecular formula is C17H19ClN2O. The van der Waals surface area contributed by atoms with E-state index in [1.807, 2.05) is 29.2 Å². The molecule has 3 nitrogen and oxygen atoms in total. The van der Waals surface area contributed by atoms with E-state index in [2.05, 4.69) is 11.9 Å². The van der Waals surface area contributed by atoms with Gasteiger partial charge in [0.2, 0.25) is 0 Å². The summed E-state index contributed by atoms with van der Waals surface area (Å²) in [5, 5.41) is 1.48. The topological polar surface area (TPSA) is 33.2 Å². The average molecular weight is 303 g/mol. The molecular weight excluding hydrogens is 284 g/mol.